The van der Waals surface area contributed by atoms with Gasteiger partial charge in [0.25, 0.3) is 5.91 Å². The maximum Gasteiger partial charge on any atom is 0.265 e. The number of hydrogen-bond acceptors (Lipinski definition) is 5. The van der Waals surface area contributed by atoms with Crippen molar-refractivity contribution in [2.75, 3.05) is 32.4 Å². The SMILES string of the molecule is Cc1ccccc1[C@H]1[C@@H]2CN(C(=O)c3sc(N)nc3C)C[C@@H]2CN1C. The second-order valence-electron chi connectivity index (χ2n) is 7.34. The molecule has 0 bridgehead atoms. The number of aromatic nitrogens is 1. The van der Waals surface area contributed by atoms with Gasteiger partial charge in [-0.1, -0.05) is 35.6 Å². The van der Waals surface area contributed by atoms with Crippen molar-refractivity contribution in [3.8, 4) is 0 Å². The predicted octanol–water partition coefficient (Wildman–Crippen LogP) is 2.72. The molecule has 25 heavy (non-hydrogen) atoms. The van der Waals surface area contributed by atoms with Crippen LogP contribution in [-0.4, -0.2) is 47.4 Å². The summed E-state index contributed by atoms with van der Waals surface area (Å²) in [4.78, 5) is 22.3. The van der Waals surface area contributed by atoms with Crippen LogP contribution in [0.25, 0.3) is 0 Å². The fraction of sp³-hybridized carbons (Fsp3) is 0.474. The van der Waals surface area contributed by atoms with Gasteiger partial charge in [0.2, 0.25) is 0 Å². The number of nitrogens with two attached hydrogens (primary N) is 1. The van der Waals surface area contributed by atoms with Gasteiger partial charge in [0.1, 0.15) is 4.88 Å². The van der Waals surface area contributed by atoms with Gasteiger partial charge in [-0.3, -0.25) is 9.69 Å². The number of likely N-dealkylation sites (tertiary alicyclic amines) is 2. The molecular formula is C19H24N4OS. The zero-order valence-corrected chi connectivity index (χ0v) is 15.7. The average molecular weight is 356 g/mol. The Morgan fingerprint density at radius 2 is 2.00 bits per heavy atom. The minimum absolute atomic E-state index is 0.0901. The first-order valence-corrected chi connectivity index (χ1v) is 9.55. The first kappa shape index (κ1) is 16.5. The summed E-state index contributed by atoms with van der Waals surface area (Å²) in [5, 5.41) is 0.470. The van der Waals surface area contributed by atoms with E-state index in [4.69, 9.17) is 5.73 Å². The highest BCUT2D eigenvalue weighted by Crippen LogP contribution is 2.45. The number of thiazole rings is 1. The Labute approximate surface area is 152 Å². The van der Waals surface area contributed by atoms with Crippen LogP contribution in [-0.2, 0) is 0 Å². The molecule has 2 aliphatic rings. The summed E-state index contributed by atoms with van der Waals surface area (Å²) in [6.07, 6.45) is 0. The third-order valence-corrected chi connectivity index (χ3v) is 6.67. The molecule has 4 rings (SSSR count). The summed E-state index contributed by atoms with van der Waals surface area (Å²) in [5.74, 6) is 1.11. The Morgan fingerprint density at radius 1 is 1.24 bits per heavy atom. The van der Waals surface area contributed by atoms with Gasteiger partial charge in [0, 0.05) is 31.6 Å². The van der Waals surface area contributed by atoms with Gasteiger partial charge >= 0.3 is 0 Å². The number of carbonyl (C=O) groups is 1. The van der Waals surface area contributed by atoms with E-state index in [1.165, 1.54) is 22.5 Å². The Hall–Kier alpha value is -1.92. The molecule has 1 amide bonds. The van der Waals surface area contributed by atoms with Gasteiger partial charge in [-0.15, -0.1) is 0 Å². The van der Waals surface area contributed by atoms with Gasteiger partial charge in [-0.05, 0) is 37.9 Å². The van der Waals surface area contributed by atoms with Crippen molar-refractivity contribution in [3.05, 3.63) is 46.0 Å². The van der Waals surface area contributed by atoms with Crippen LogP contribution in [0.2, 0.25) is 0 Å². The van der Waals surface area contributed by atoms with Gasteiger partial charge < -0.3 is 10.6 Å². The van der Waals surface area contributed by atoms with Crippen LogP contribution in [0.3, 0.4) is 0 Å². The van der Waals surface area contributed by atoms with E-state index in [-0.39, 0.29) is 5.91 Å². The van der Waals surface area contributed by atoms with E-state index in [2.05, 4.69) is 48.1 Å². The quantitative estimate of drug-likeness (QED) is 0.899. The molecule has 2 aromatic rings. The fourth-order valence-corrected chi connectivity index (χ4v) is 5.37. The van der Waals surface area contributed by atoms with Crippen molar-refractivity contribution < 1.29 is 4.79 Å². The van der Waals surface area contributed by atoms with Crippen LogP contribution < -0.4 is 5.73 Å². The fourth-order valence-electron chi connectivity index (χ4n) is 4.57. The normalized spacial score (nSPS) is 26.2. The topological polar surface area (TPSA) is 62.5 Å². The maximum absolute atomic E-state index is 12.9. The molecule has 3 heterocycles. The standard InChI is InChI=1S/C19H24N4OS/c1-11-6-4-5-7-14(11)16-15-10-23(9-13(15)8-22(16)3)18(24)17-12(2)21-19(20)25-17/h4-7,13,15-16H,8-10H2,1-3H3,(H2,20,21)/t13-,15+,16-/m0/s1. The van der Waals surface area contributed by atoms with Crippen molar-refractivity contribution in [3.63, 3.8) is 0 Å². The van der Waals surface area contributed by atoms with Gasteiger partial charge in [0.05, 0.1) is 5.69 Å². The lowest BCUT2D eigenvalue weighted by atomic mass is 9.88. The Morgan fingerprint density at radius 3 is 2.68 bits per heavy atom. The summed E-state index contributed by atoms with van der Waals surface area (Å²) < 4.78 is 0. The average Bonchev–Trinajstić information content (AvgIpc) is 3.20. The first-order chi connectivity index (χ1) is 12.0. The van der Waals surface area contributed by atoms with Crippen molar-refractivity contribution in [2.24, 2.45) is 11.8 Å². The number of nitrogens with zero attached hydrogens (tertiary/aromatic N) is 3. The molecular weight excluding hydrogens is 332 g/mol. The molecule has 2 saturated heterocycles. The lowest BCUT2D eigenvalue weighted by Gasteiger charge is -2.28. The van der Waals surface area contributed by atoms with Crippen molar-refractivity contribution in [1.29, 1.82) is 0 Å². The van der Waals surface area contributed by atoms with Gasteiger partial charge in [-0.25, -0.2) is 4.98 Å². The highest BCUT2D eigenvalue weighted by molar-refractivity contribution is 7.17. The molecule has 0 saturated carbocycles. The lowest BCUT2D eigenvalue weighted by Crippen LogP contribution is -2.33. The summed E-state index contributed by atoms with van der Waals surface area (Å²) in [6, 6.07) is 9.00. The molecule has 0 unspecified atom stereocenters. The second kappa shape index (κ2) is 6.11. The highest BCUT2D eigenvalue weighted by atomic mass is 32.1. The Balaban J connectivity index is 1.58. The number of anilines is 1. The number of hydrogen-bond donors (Lipinski definition) is 1. The predicted molar refractivity (Wildman–Crippen MR) is 101 cm³/mol. The Kier molecular flexibility index (Phi) is 4.04. The second-order valence-corrected chi connectivity index (χ2v) is 8.37. The van der Waals surface area contributed by atoms with E-state index >= 15 is 0 Å². The molecule has 1 aromatic heterocycles. The Bertz CT molecular complexity index is 818. The van der Waals surface area contributed by atoms with Crippen LogP contribution >= 0.6 is 11.3 Å². The largest absolute Gasteiger partial charge is 0.375 e. The number of rotatable bonds is 2. The van der Waals surface area contributed by atoms with Crippen LogP contribution in [0.1, 0.15) is 32.5 Å². The smallest absolute Gasteiger partial charge is 0.265 e. The summed E-state index contributed by atoms with van der Waals surface area (Å²) in [5.41, 5.74) is 9.24. The molecule has 0 spiro atoms. The van der Waals surface area contributed by atoms with E-state index in [0.29, 0.717) is 27.9 Å². The van der Waals surface area contributed by atoms with Gasteiger partial charge in [0.15, 0.2) is 5.13 Å². The lowest BCUT2D eigenvalue weighted by molar-refractivity contribution is 0.0771. The molecule has 6 heteroatoms. The van der Waals surface area contributed by atoms with Crippen LogP contribution in [0.15, 0.2) is 24.3 Å². The molecule has 5 nitrogen and oxygen atoms in total. The molecule has 2 aliphatic heterocycles. The number of aryl methyl sites for hydroxylation is 2. The first-order valence-electron chi connectivity index (χ1n) is 8.73. The number of carbonyl (C=O) groups excluding carboxylic acids is 1. The van der Waals surface area contributed by atoms with Crippen LogP contribution in [0.5, 0.6) is 0 Å². The summed E-state index contributed by atoms with van der Waals surface area (Å²) >= 11 is 1.30. The third kappa shape index (κ3) is 2.73. The van der Waals surface area contributed by atoms with E-state index in [1.807, 2.05) is 11.8 Å². The molecule has 132 valence electrons. The van der Waals surface area contributed by atoms with E-state index in [0.717, 1.165) is 25.3 Å². The van der Waals surface area contributed by atoms with Crippen molar-refractivity contribution in [2.45, 2.75) is 19.9 Å². The van der Waals surface area contributed by atoms with E-state index < -0.39 is 0 Å². The summed E-state index contributed by atoms with van der Waals surface area (Å²) in [7, 11) is 2.20. The monoisotopic (exact) mass is 356 g/mol. The minimum Gasteiger partial charge on any atom is -0.375 e. The zero-order chi connectivity index (χ0) is 17.7. The van der Waals surface area contributed by atoms with E-state index in [1.54, 1.807) is 0 Å². The molecule has 0 radical (unpaired) electrons. The van der Waals surface area contributed by atoms with Gasteiger partial charge in [-0.2, -0.15) is 0 Å². The van der Waals surface area contributed by atoms with Crippen LogP contribution in [0, 0.1) is 25.7 Å². The molecule has 2 fully saturated rings. The zero-order valence-electron chi connectivity index (χ0n) is 14.9. The number of amides is 1. The number of benzene rings is 1. The number of nitrogen functional groups attached to an aromatic ring is 1. The molecule has 2 N–H and O–H groups in total. The minimum atomic E-state index is 0.0901. The third-order valence-electron chi connectivity index (χ3n) is 5.70. The summed E-state index contributed by atoms with van der Waals surface area (Å²) in [6.45, 7) is 6.72. The maximum atomic E-state index is 12.9. The van der Waals surface area contributed by atoms with Crippen molar-refractivity contribution in [1.82, 2.24) is 14.8 Å². The van der Waals surface area contributed by atoms with Crippen LogP contribution in [0.4, 0.5) is 5.13 Å². The number of fused-ring (bicyclic) bond motifs is 1. The van der Waals surface area contributed by atoms with E-state index in [9.17, 15) is 4.79 Å². The van der Waals surface area contributed by atoms with Crippen molar-refractivity contribution >= 4 is 22.4 Å². The molecule has 3 atom stereocenters. The molecule has 0 aliphatic carbocycles. The molecule has 1 aromatic carbocycles. The highest BCUT2D eigenvalue weighted by Gasteiger charge is 2.47.